The Kier molecular flexibility index (Phi) is 5.04. The highest BCUT2D eigenvalue weighted by Crippen LogP contribution is 2.04. The number of anilines is 1. The number of amides is 2. The second-order valence-electron chi connectivity index (χ2n) is 4.69. The van der Waals surface area contributed by atoms with Gasteiger partial charge in [-0.3, -0.25) is 14.6 Å². The van der Waals surface area contributed by atoms with E-state index >= 15 is 0 Å². The van der Waals surface area contributed by atoms with E-state index in [0.29, 0.717) is 18.7 Å². The van der Waals surface area contributed by atoms with Crippen molar-refractivity contribution in [3.8, 4) is 0 Å². The molecule has 1 heterocycles. The maximum absolute atomic E-state index is 11.7. The molecule has 0 saturated carbocycles. The third-order valence-corrected chi connectivity index (χ3v) is 2.91. The van der Waals surface area contributed by atoms with Gasteiger partial charge in [0.05, 0.1) is 11.9 Å². The fraction of sp³-hybridized carbons (Fsp3) is 0.188. The largest absolute Gasteiger partial charge is 0.347 e. The Bertz CT molecular complexity index is 626. The molecule has 1 aromatic carbocycles. The maximum Gasteiger partial charge on any atom is 0.313 e. The number of pyridine rings is 1. The average Bonchev–Trinajstić information content (AvgIpc) is 2.48. The van der Waals surface area contributed by atoms with Gasteiger partial charge in [-0.15, -0.1) is 0 Å². The minimum atomic E-state index is -0.688. The van der Waals surface area contributed by atoms with Crippen LogP contribution < -0.4 is 10.6 Å². The second-order valence-corrected chi connectivity index (χ2v) is 4.69. The van der Waals surface area contributed by atoms with Gasteiger partial charge in [0.1, 0.15) is 0 Å². The first-order valence-corrected chi connectivity index (χ1v) is 6.70. The van der Waals surface area contributed by atoms with E-state index in [0.717, 1.165) is 5.56 Å². The zero-order valence-electron chi connectivity index (χ0n) is 11.8. The normalized spacial score (nSPS) is 9.95. The highest BCUT2D eigenvalue weighted by atomic mass is 16.2. The molecule has 0 radical (unpaired) electrons. The summed E-state index contributed by atoms with van der Waals surface area (Å²) in [6, 6.07) is 11.4. The molecule has 0 bridgehead atoms. The highest BCUT2D eigenvalue weighted by molar-refractivity contribution is 6.39. The summed E-state index contributed by atoms with van der Waals surface area (Å²) in [6.07, 6.45) is 3.77. The average molecular weight is 283 g/mol. The molecule has 0 atom stereocenters. The summed E-state index contributed by atoms with van der Waals surface area (Å²) in [4.78, 5) is 27.2. The lowest BCUT2D eigenvalue weighted by atomic mass is 10.1. The van der Waals surface area contributed by atoms with E-state index in [4.69, 9.17) is 0 Å². The highest BCUT2D eigenvalue weighted by Gasteiger charge is 2.12. The smallest absolute Gasteiger partial charge is 0.313 e. The van der Waals surface area contributed by atoms with Crippen molar-refractivity contribution < 1.29 is 9.59 Å². The number of nitrogens with one attached hydrogen (secondary N) is 2. The number of hydrogen-bond donors (Lipinski definition) is 2. The molecule has 0 fully saturated rings. The molecule has 2 aromatic rings. The number of aromatic nitrogens is 1. The van der Waals surface area contributed by atoms with Gasteiger partial charge in [-0.05, 0) is 31.0 Å². The van der Waals surface area contributed by atoms with Gasteiger partial charge in [0.2, 0.25) is 0 Å². The van der Waals surface area contributed by atoms with Gasteiger partial charge >= 0.3 is 11.8 Å². The van der Waals surface area contributed by atoms with E-state index in [9.17, 15) is 9.59 Å². The van der Waals surface area contributed by atoms with Crippen molar-refractivity contribution in [2.45, 2.75) is 13.3 Å². The monoisotopic (exact) mass is 283 g/mol. The second kappa shape index (κ2) is 7.19. The molecule has 0 spiro atoms. The molecular weight excluding hydrogens is 266 g/mol. The van der Waals surface area contributed by atoms with E-state index in [1.807, 2.05) is 25.1 Å². The Balaban J connectivity index is 1.78. The van der Waals surface area contributed by atoms with Gasteiger partial charge in [0.15, 0.2) is 0 Å². The van der Waals surface area contributed by atoms with E-state index in [1.165, 1.54) is 11.8 Å². The van der Waals surface area contributed by atoms with Gasteiger partial charge in [0, 0.05) is 12.7 Å². The number of carbonyl (C=O) groups is 2. The van der Waals surface area contributed by atoms with Crippen LogP contribution in [0.25, 0.3) is 0 Å². The summed E-state index contributed by atoms with van der Waals surface area (Å²) in [5.41, 5.74) is 2.80. The molecule has 0 unspecified atom stereocenters. The molecule has 0 saturated heterocycles. The van der Waals surface area contributed by atoms with Crippen molar-refractivity contribution in [3.05, 3.63) is 59.9 Å². The lowest BCUT2D eigenvalue weighted by Crippen LogP contribution is -2.36. The Morgan fingerprint density at radius 1 is 1.14 bits per heavy atom. The fourth-order valence-corrected chi connectivity index (χ4v) is 1.89. The van der Waals surface area contributed by atoms with Crippen LogP contribution in [0.5, 0.6) is 0 Å². The summed E-state index contributed by atoms with van der Waals surface area (Å²) < 4.78 is 0. The molecule has 2 N–H and O–H groups in total. The number of rotatable bonds is 4. The lowest BCUT2D eigenvalue weighted by molar-refractivity contribution is -0.136. The Morgan fingerprint density at radius 3 is 2.71 bits per heavy atom. The van der Waals surface area contributed by atoms with Crippen molar-refractivity contribution in [1.82, 2.24) is 10.3 Å². The van der Waals surface area contributed by atoms with Crippen LogP contribution in [0.1, 0.15) is 11.1 Å². The summed E-state index contributed by atoms with van der Waals surface area (Å²) in [5, 5.41) is 5.09. The van der Waals surface area contributed by atoms with Gasteiger partial charge in [-0.25, -0.2) is 0 Å². The summed E-state index contributed by atoms with van der Waals surface area (Å²) in [6.45, 7) is 2.44. The van der Waals surface area contributed by atoms with E-state index in [1.54, 1.807) is 18.3 Å². The molecule has 0 aliphatic carbocycles. The fourth-order valence-electron chi connectivity index (χ4n) is 1.89. The standard InChI is InChI=1S/C16H17N3O2/c1-12-4-2-5-13(10-12)7-9-18-15(20)16(21)19-14-6-3-8-17-11-14/h2-6,8,10-11H,7,9H2,1H3,(H,18,20)(H,19,21). The Hall–Kier alpha value is -2.69. The van der Waals surface area contributed by atoms with E-state index < -0.39 is 11.8 Å². The molecule has 5 nitrogen and oxygen atoms in total. The Morgan fingerprint density at radius 2 is 2.00 bits per heavy atom. The molecule has 5 heteroatoms. The van der Waals surface area contributed by atoms with E-state index in [2.05, 4.69) is 21.7 Å². The quantitative estimate of drug-likeness (QED) is 0.839. The molecule has 2 amide bonds. The number of nitrogens with zero attached hydrogens (tertiary/aromatic N) is 1. The number of benzene rings is 1. The van der Waals surface area contributed by atoms with Gasteiger partial charge in [-0.2, -0.15) is 0 Å². The molecule has 0 aliphatic heterocycles. The maximum atomic E-state index is 11.7. The van der Waals surface area contributed by atoms with Crippen molar-refractivity contribution in [3.63, 3.8) is 0 Å². The zero-order valence-corrected chi connectivity index (χ0v) is 11.8. The SMILES string of the molecule is Cc1cccc(CCNC(=O)C(=O)Nc2cccnc2)c1. The first-order valence-electron chi connectivity index (χ1n) is 6.70. The van der Waals surface area contributed by atoms with Gasteiger partial charge in [0.25, 0.3) is 0 Å². The van der Waals surface area contributed by atoms with Crippen LogP contribution in [-0.2, 0) is 16.0 Å². The summed E-state index contributed by atoms with van der Waals surface area (Å²) >= 11 is 0. The minimum absolute atomic E-state index is 0.419. The van der Waals surface area contributed by atoms with Crippen LogP contribution in [0.4, 0.5) is 5.69 Å². The van der Waals surface area contributed by atoms with Gasteiger partial charge in [-0.1, -0.05) is 29.8 Å². The summed E-state index contributed by atoms with van der Waals surface area (Å²) in [7, 11) is 0. The summed E-state index contributed by atoms with van der Waals surface area (Å²) in [5.74, 6) is -1.33. The van der Waals surface area contributed by atoms with Gasteiger partial charge < -0.3 is 10.6 Å². The van der Waals surface area contributed by atoms with Crippen LogP contribution in [0, 0.1) is 6.92 Å². The number of carbonyl (C=O) groups excluding carboxylic acids is 2. The van der Waals surface area contributed by atoms with Crippen molar-refractivity contribution >= 4 is 17.5 Å². The van der Waals surface area contributed by atoms with Crippen molar-refractivity contribution in [2.24, 2.45) is 0 Å². The molecule has 2 rings (SSSR count). The predicted octanol–water partition coefficient (Wildman–Crippen LogP) is 1.69. The molecular formula is C16H17N3O2. The third kappa shape index (κ3) is 4.72. The van der Waals surface area contributed by atoms with Crippen LogP contribution in [0.3, 0.4) is 0 Å². The molecule has 21 heavy (non-hydrogen) atoms. The number of hydrogen-bond acceptors (Lipinski definition) is 3. The van der Waals surface area contributed by atoms with Crippen LogP contribution in [-0.4, -0.2) is 23.3 Å². The lowest BCUT2D eigenvalue weighted by Gasteiger charge is -2.06. The van der Waals surface area contributed by atoms with Crippen molar-refractivity contribution in [1.29, 1.82) is 0 Å². The third-order valence-electron chi connectivity index (χ3n) is 2.91. The Labute approximate surface area is 123 Å². The molecule has 108 valence electrons. The molecule has 1 aromatic heterocycles. The van der Waals surface area contributed by atoms with Crippen LogP contribution in [0.2, 0.25) is 0 Å². The van der Waals surface area contributed by atoms with Crippen molar-refractivity contribution in [2.75, 3.05) is 11.9 Å². The first kappa shape index (κ1) is 14.7. The van der Waals surface area contributed by atoms with Crippen LogP contribution >= 0.6 is 0 Å². The van der Waals surface area contributed by atoms with Crippen LogP contribution in [0.15, 0.2) is 48.8 Å². The van der Waals surface area contributed by atoms with E-state index in [-0.39, 0.29) is 0 Å². The number of aryl methyl sites for hydroxylation is 1. The molecule has 0 aliphatic rings. The zero-order chi connectivity index (χ0) is 15.1. The first-order chi connectivity index (χ1) is 10.1. The minimum Gasteiger partial charge on any atom is -0.347 e. The topological polar surface area (TPSA) is 71.1 Å². The predicted molar refractivity (Wildman–Crippen MR) is 80.8 cm³/mol.